The lowest BCUT2D eigenvalue weighted by atomic mass is 10.0. The van der Waals surface area contributed by atoms with Gasteiger partial charge < -0.3 is 9.64 Å². The SMILES string of the molecule is CCCCCCCCCCCCCCCCCC(=O)OCCCCCC(=O)N(C)CCC. The predicted octanol–water partition coefficient (Wildman–Crippen LogP) is 8.22. The Balaban J connectivity index is 3.26. The van der Waals surface area contributed by atoms with Gasteiger partial charge in [0.25, 0.3) is 0 Å². The third kappa shape index (κ3) is 22.1. The van der Waals surface area contributed by atoms with Gasteiger partial charge >= 0.3 is 5.97 Å². The molecule has 0 atom stereocenters. The monoisotopic (exact) mass is 453 g/mol. The summed E-state index contributed by atoms with van der Waals surface area (Å²) in [7, 11) is 1.87. The van der Waals surface area contributed by atoms with Crippen LogP contribution in [0.15, 0.2) is 0 Å². The average Bonchev–Trinajstić information content (AvgIpc) is 2.78. The predicted molar refractivity (Wildman–Crippen MR) is 137 cm³/mol. The lowest BCUT2D eigenvalue weighted by molar-refractivity contribution is -0.144. The maximum Gasteiger partial charge on any atom is 0.305 e. The first-order valence-electron chi connectivity index (χ1n) is 14.0. The number of amides is 1. The molecule has 1 amide bonds. The topological polar surface area (TPSA) is 46.6 Å². The van der Waals surface area contributed by atoms with Crippen molar-refractivity contribution in [1.82, 2.24) is 4.90 Å². The maximum atomic E-state index is 11.8. The fourth-order valence-electron chi connectivity index (χ4n) is 4.10. The van der Waals surface area contributed by atoms with E-state index in [1.165, 1.54) is 83.5 Å². The van der Waals surface area contributed by atoms with E-state index >= 15 is 0 Å². The lowest BCUT2D eigenvalue weighted by Gasteiger charge is -2.15. The Morgan fingerprint density at radius 2 is 1.00 bits per heavy atom. The standard InChI is InChI=1S/C28H55NO3/c1-4-6-7-8-9-10-11-12-13-14-15-16-17-18-21-24-28(31)32-26-22-19-20-23-27(30)29(3)25-5-2/h4-26H2,1-3H3. The molecule has 0 aromatic rings. The minimum Gasteiger partial charge on any atom is -0.466 e. The van der Waals surface area contributed by atoms with Gasteiger partial charge in [0.1, 0.15) is 0 Å². The van der Waals surface area contributed by atoms with Crippen LogP contribution in [0.2, 0.25) is 0 Å². The van der Waals surface area contributed by atoms with Crippen molar-refractivity contribution in [2.45, 2.75) is 149 Å². The van der Waals surface area contributed by atoms with Crippen molar-refractivity contribution in [3.63, 3.8) is 0 Å². The number of esters is 1. The molecule has 0 aliphatic carbocycles. The van der Waals surface area contributed by atoms with E-state index in [0.717, 1.165) is 45.1 Å². The molecule has 0 saturated carbocycles. The minimum atomic E-state index is -0.0570. The maximum absolute atomic E-state index is 11.8. The summed E-state index contributed by atoms with van der Waals surface area (Å²) in [6, 6.07) is 0. The second kappa shape index (κ2) is 24.6. The number of hydrogen-bond acceptors (Lipinski definition) is 3. The van der Waals surface area contributed by atoms with Gasteiger partial charge in [-0.25, -0.2) is 0 Å². The molecule has 0 bridgehead atoms. The molecule has 4 heteroatoms. The second-order valence-corrected chi connectivity index (χ2v) is 9.55. The molecule has 4 nitrogen and oxygen atoms in total. The smallest absolute Gasteiger partial charge is 0.305 e. The van der Waals surface area contributed by atoms with Crippen molar-refractivity contribution >= 4 is 11.9 Å². The van der Waals surface area contributed by atoms with Gasteiger partial charge in [0.2, 0.25) is 5.91 Å². The van der Waals surface area contributed by atoms with Crippen LogP contribution in [-0.4, -0.2) is 37.0 Å². The zero-order chi connectivity index (χ0) is 23.7. The van der Waals surface area contributed by atoms with E-state index < -0.39 is 0 Å². The van der Waals surface area contributed by atoms with Gasteiger partial charge in [0.15, 0.2) is 0 Å². The Hall–Kier alpha value is -1.06. The van der Waals surface area contributed by atoms with E-state index in [4.69, 9.17) is 4.74 Å². The highest BCUT2D eigenvalue weighted by Gasteiger charge is 2.07. The zero-order valence-corrected chi connectivity index (χ0v) is 21.9. The summed E-state index contributed by atoms with van der Waals surface area (Å²) in [6.45, 7) is 5.68. The first kappa shape index (κ1) is 30.9. The average molecular weight is 454 g/mol. The highest BCUT2D eigenvalue weighted by atomic mass is 16.5. The van der Waals surface area contributed by atoms with Crippen molar-refractivity contribution in [3.8, 4) is 0 Å². The first-order valence-corrected chi connectivity index (χ1v) is 14.0. The minimum absolute atomic E-state index is 0.0570. The van der Waals surface area contributed by atoms with Crippen molar-refractivity contribution < 1.29 is 14.3 Å². The van der Waals surface area contributed by atoms with Crippen molar-refractivity contribution in [1.29, 1.82) is 0 Å². The summed E-state index contributed by atoms with van der Waals surface area (Å²) in [6.07, 6.45) is 24.9. The van der Waals surface area contributed by atoms with E-state index in [1.54, 1.807) is 4.90 Å². The van der Waals surface area contributed by atoms with Gasteiger partial charge in [-0.1, -0.05) is 104 Å². The number of ether oxygens (including phenoxy) is 1. The van der Waals surface area contributed by atoms with Crippen LogP contribution in [0.5, 0.6) is 0 Å². The fourth-order valence-corrected chi connectivity index (χ4v) is 4.10. The lowest BCUT2D eigenvalue weighted by Crippen LogP contribution is -2.26. The molecule has 0 spiro atoms. The van der Waals surface area contributed by atoms with Crippen LogP contribution in [0.3, 0.4) is 0 Å². The quantitative estimate of drug-likeness (QED) is 0.109. The third-order valence-electron chi connectivity index (χ3n) is 6.27. The number of carbonyl (C=O) groups is 2. The zero-order valence-electron chi connectivity index (χ0n) is 21.9. The number of hydrogen-bond donors (Lipinski definition) is 0. The van der Waals surface area contributed by atoms with Crippen molar-refractivity contribution in [2.75, 3.05) is 20.2 Å². The van der Waals surface area contributed by atoms with Gasteiger partial charge in [0.05, 0.1) is 6.61 Å². The molecule has 0 rings (SSSR count). The first-order chi connectivity index (χ1) is 15.6. The van der Waals surface area contributed by atoms with Crippen LogP contribution in [0.25, 0.3) is 0 Å². The Bertz CT molecular complexity index is 425. The van der Waals surface area contributed by atoms with Gasteiger partial charge in [0, 0.05) is 26.4 Å². The summed E-state index contributed by atoms with van der Waals surface area (Å²) in [4.78, 5) is 25.4. The number of rotatable bonds is 24. The summed E-state index contributed by atoms with van der Waals surface area (Å²) in [5.41, 5.74) is 0. The molecule has 0 aromatic heterocycles. The molecule has 0 aliphatic rings. The molecule has 0 heterocycles. The molecule has 0 unspecified atom stereocenters. The largest absolute Gasteiger partial charge is 0.466 e. The molecule has 0 aliphatic heterocycles. The molecule has 32 heavy (non-hydrogen) atoms. The highest BCUT2D eigenvalue weighted by molar-refractivity contribution is 5.75. The van der Waals surface area contributed by atoms with E-state index in [-0.39, 0.29) is 11.9 Å². The van der Waals surface area contributed by atoms with Crippen LogP contribution in [0.1, 0.15) is 149 Å². The second-order valence-electron chi connectivity index (χ2n) is 9.55. The number of carbonyl (C=O) groups excluding carboxylic acids is 2. The molecular weight excluding hydrogens is 398 g/mol. The normalized spacial score (nSPS) is 11.0. The Morgan fingerprint density at radius 1 is 0.562 bits per heavy atom. The van der Waals surface area contributed by atoms with E-state index in [1.807, 2.05) is 7.05 Å². The van der Waals surface area contributed by atoms with E-state index in [9.17, 15) is 9.59 Å². The summed E-state index contributed by atoms with van der Waals surface area (Å²) in [5.74, 6) is 0.162. The van der Waals surface area contributed by atoms with Gasteiger partial charge in [-0.05, 0) is 32.1 Å². The summed E-state index contributed by atoms with van der Waals surface area (Å²) in [5, 5.41) is 0. The van der Waals surface area contributed by atoms with E-state index in [0.29, 0.717) is 19.4 Å². The Kier molecular flexibility index (Phi) is 23.8. The number of unbranched alkanes of at least 4 members (excludes halogenated alkanes) is 16. The van der Waals surface area contributed by atoms with Crippen LogP contribution in [0, 0.1) is 0 Å². The molecule has 0 saturated heterocycles. The van der Waals surface area contributed by atoms with Crippen molar-refractivity contribution in [3.05, 3.63) is 0 Å². The Morgan fingerprint density at radius 3 is 1.50 bits per heavy atom. The van der Waals surface area contributed by atoms with Crippen LogP contribution in [0.4, 0.5) is 0 Å². The fraction of sp³-hybridized carbons (Fsp3) is 0.929. The molecular formula is C28H55NO3. The van der Waals surface area contributed by atoms with Crippen LogP contribution < -0.4 is 0 Å². The van der Waals surface area contributed by atoms with Crippen molar-refractivity contribution in [2.24, 2.45) is 0 Å². The molecule has 190 valence electrons. The van der Waals surface area contributed by atoms with Gasteiger partial charge in [-0.3, -0.25) is 9.59 Å². The van der Waals surface area contributed by atoms with Gasteiger partial charge in [-0.2, -0.15) is 0 Å². The highest BCUT2D eigenvalue weighted by Crippen LogP contribution is 2.14. The summed E-state index contributed by atoms with van der Waals surface area (Å²) < 4.78 is 5.32. The summed E-state index contributed by atoms with van der Waals surface area (Å²) >= 11 is 0. The van der Waals surface area contributed by atoms with E-state index in [2.05, 4.69) is 13.8 Å². The number of nitrogens with zero attached hydrogens (tertiary/aromatic N) is 1. The van der Waals surface area contributed by atoms with Crippen LogP contribution >= 0.6 is 0 Å². The molecule has 0 aromatic carbocycles. The third-order valence-corrected chi connectivity index (χ3v) is 6.27. The van der Waals surface area contributed by atoms with Crippen LogP contribution in [-0.2, 0) is 14.3 Å². The Labute approximate surface area is 200 Å². The molecule has 0 radical (unpaired) electrons. The molecule has 0 N–H and O–H groups in total. The van der Waals surface area contributed by atoms with Gasteiger partial charge in [-0.15, -0.1) is 0 Å². The molecule has 0 fully saturated rings.